The number of para-hydroxylation sites is 1. The minimum Gasteiger partial charge on any atom is -0.313 e. The summed E-state index contributed by atoms with van der Waals surface area (Å²) >= 11 is 3.32. The Hall–Kier alpha value is -3.65. The fourth-order valence-corrected chi connectivity index (χ4v) is 7.12. The summed E-state index contributed by atoms with van der Waals surface area (Å²) in [5, 5.41) is 4.97. The Labute approximate surface area is 223 Å². The molecule has 2 aromatic heterocycles. The molecule has 0 aliphatic carbocycles. The van der Waals surface area contributed by atoms with Gasteiger partial charge in [0.25, 0.3) is 5.91 Å². The topological polar surface area (TPSA) is 62.3 Å². The third kappa shape index (κ3) is 4.62. The summed E-state index contributed by atoms with van der Waals surface area (Å²) in [7, 11) is 0. The van der Waals surface area contributed by atoms with Crippen molar-refractivity contribution in [3.63, 3.8) is 0 Å². The highest BCUT2D eigenvalue weighted by molar-refractivity contribution is 7.23. The predicted molar refractivity (Wildman–Crippen MR) is 152 cm³/mol. The van der Waals surface area contributed by atoms with Crippen molar-refractivity contribution >= 4 is 49.6 Å². The summed E-state index contributed by atoms with van der Waals surface area (Å²) in [6.45, 7) is 5.08. The van der Waals surface area contributed by atoms with Gasteiger partial charge in [-0.15, -0.1) is 22.7 Å². The minimum atomic E-state index is -0.188. The zero-order chi connectivity index (χ0) is 25.4. The van der Waals surface area contributed by atoms with Crippen LogP contribution in [0.1, 0.15) is 43.6 Å². The van der Waals surface area contributed by atoms with Crippen molar-refractivity contribution in [1.29, 1.82) is 0 Å². The fourth-order valence-electron chi connectivity index (χ4n) is 4.72. The molecule has 5 aromatic rings. The largest absolute Gasteiger partial charge is 0.313 e. The van der Waals surface area contributed by atoms with Crippen LogP contribution in [-0.4, -0.2) is 34.7 Å². The lowest BCUT2D eigenvalue weighted by molar-refractivity contribution is 0.102. The summed E-state index contributed by atoms with van der Waals surface area (Å²) < 4.78 is 1.14. The number of hydrogen-bond donors (Lipinski definition) is 1. The number of benzene rings is 3. The highest BCUT2D eigenvalue weighted by Gasteiger charge is 2.27. The van der Waals surface area contributed by atoms with Crippen LogP contribution in [-0.2, 0) is 13.0 Å². The molecular weight excluding hydrogens is 498 g/mol. The third-order valence-electron chi connectivity index (χ3n) is 6.76. The second-order valence-electron chi connectivity index (χ2n) is 9.04. The molecule has 1 N–H and O–H groups in total. The van der Waals surface area contributed by atoms with Crippen molar-refractivity contribution in [3.05, 3.63) is 106 Å². The molecule has 0 radical (unpaired) electrons. The average molecular weight is 524 g/mol. The molecule has 0 saturated heterocycles. The first-order valence-corrected chi connectivity index (χ1v) is 14.0. The second kappa shape index (κ2) is 10.0. The van der Waals surface area contributed by atoms with Gasteiger partial charge in [0.05, 0.1) is 10.2 Å². The van der Waals surface area contributed by atoms with E-state index >= 15 is 0 Å². The van der Waals surface area contributed by atoms with E-state index in [1.54, 1.807) is 59.1 Å². The van der Waals surface area contributed by atoms with Crippen LogP contribution < -0.4 is 5.32 Å². The summed E-state index contributed by atoms with van der Waals surface area (Å²) in [4.78, 5) is 34.7. The number of rotatable bonds is 6. The maximum atomic E-state index is 13.3. The van der Waals surface area contributed by atoms with Gasteiger partial charge in [0.15, 0.2) is 5.78 Å². The van der Waals surface area contributed by atoms with Crippen molar-refractivity contribution in [1.82, 2.24) is 9.88 Å². The van der Waals surface area contributed by atoms with Crippen molar-refractivity contribution in [2.24, 2.45) is 0 Å². The molecule has 1 aliphatic rings. The number of fused-ring (bicyclic) bond motifs is 2. The molecule has 0 atom stereocenters. The summed E-state index contributed by atoms with van der Waals surface area (Å²) in [5.41, 5.74) is 5.04. The number of carbonyl (C=O) groups is 2. The summed E-state index contributed by atoms with van der Waals surface area (Å²) in [6, 6.07) is 24.2. The zero-order valence-corrected chi connectivity index (χ0v) is 22.0. The van der Waals surface area contributed by atoms with E-state index in [0.29, 0.717) is 16.7 Å². The fraction of sp³-hybridized carbons (Fsp3) is 0.167. The highest BCUT2D eigenvalue weighted by atomic mass is 32.1. The first-order chi connectivity index (χ1) is 18.1. The number of nitrogens with zero attached hydrogens (tertiary/aromatic N) is 2. The molecule has 7 heteroatoms. The van der Waals surface area contributed by atoms with Crippen LogP contribution in [0.25, 0.3) is 20.8 Å². The van der Waals surface area contributed by atoms with E-state index in [1.165, 1.54) is 10.4 Å². The Morgan fingerprint density at radius 3 is 2.35 bits per heavy atom. The Balaban J connectivity index is 1.31. The zero-order valence-electron chi connectivity index (χ0n) is 20.4. The standard InChI is InChI=1S/C30H25N3O2S2/c1-2-33-17-16-22-25(18-33)37-30(26(22)29-31-23-10-6-7-11-24(23)36-29)32-28(35)21-14-12-20(13-15-21)27(34)19-8-4-3-5-9-19/h3-15H,2,16-18H2,1H3,(H,32,35). The monoisotopic (exact) mass is 523 g/mol. The Bertz CT molecular complexity index is 1570. The molecule has 6 rings (SSSR count). The number of thiazole rings is 1. The maximum Gasteiger partial charge on any atom is 0.256 e. The number of anilines is 1. The molecular formula is C30H25N3O2S2. The van der Waals surface area contributed by atoms with E-state index in [-0.39, 0.29) is 11.7 Å². The first kappa shape index (κ1) is 23.7. The quantitative estimate of drug-likeness (QED) is 0.246. The number of hydrogen-bond acceptors (Lipinski definition) is 6. The lowest BCUT2D eigenvalue weighted by atomic mass is 10.0. The number of nitrogens with one attached hydrogen (secondary N) is 1. The molecule has 37 heavy (non-hydrogen) atoms. The molecule has 1 amide bonds. The van der Waals surface area contributed by atoms with Crippen molar-refractivity contribution in [2.75, 3.05) is 18.4 Å². The predicted octanol–water partition coefficient (Wildman–Crippen LogP) is 6.89. The number of carbonyl (C=O) groups excluding carboxylic acids is 2. The molecule has 3 aromatic carbocycles. The Morgan fingerprint density at radius 2 is 1.59 bits per heavy atom. The molecule has 0 spiro atoms. The minimum absolute atomic E-state index is 0.0582. The van der Waals surface area contributed by atoms with Crippen molar-refractivity contribution < 1.29 is 9.59 Å². The molecule has 1 aliphatic heterocycles. The lowest BCUT2D eigenvalue weighted by Crippen LogP contribution is -2.29. The van der Waals surface area contributed by atoms with E-state index in [1.807, 2.05) is 36.4 Å². The van der Waals surface area contributed by atoms with Gasteiger partial charge in [-0.05, 0) is 42.8 Å². The van der Waals surface area contributed by atoms with Gasteiger partial charge in [0.2, 0.25) is 0 Å². The molecule has 0 fully saturated rings. The third-order valence-corrected chi connectivity index (χ3v) is 8.95. The number of ketones is 1. The van der Waals surface area contributed by atoms with Crippen LogP contribution >= 0.6 is 22.7 Å². The van der Waals surface area contributed by atoms with E-state index < -0.39 is 0 Å². The van der Waals surface area contributed by atoms with Gasteiger partial charge < -0.3 is 5.32 Å². The van der Waals surface area contributed by atoms with E-state index in [0.717, 1.165) is 51.8 Å². The smallest absolute Gasteiger partial charge is 0.256 e. The van der Waals surface area contributed by atoms with Crippen molar-refractivity contribution in [3.8, 4) is 10.6 Å². The Morgan fingerprint density at radius 1 is 0.892 bits per heavy atom. The SMILES string of the molecule is CCN1CCc2c(sc(NC(=O)c3ccc(C(=O)c4ccccc4)cc3)c2-c2nc3ccccc3s2)C1. The van der Waals surface area contributed by atoms with Gasteiger partial charge in [-0.2, -0.15) is 0 Å². The maximum absolute atomic E-state index is 13.3. The van der Waals surface area contributed by atoms with Gasteiger partial charge in [-0.25, -0.2) is 4.98 Å². The molecule has 0 unspecified atom stereocenters. The van der Waals surface area contributed by atoms with Crippen LogP contribution in [0, 0.1) is 0 Å². The molecule has 184 valence electrons. The molecule has 5 nitrogen and oxygen atoms in total. The lowest BCUT2D eigenvalue weighted by Gasteiger charge is -2.25. The average Bonchev–Trinajstić information content (AvgIpc) is 3.53. The van der Waals surface area contributed by atoms with Crippen LogP contribution in [0.2, 0.25) is 0 Å². The van der Waals surface area contributed by atoms with E-state index in [4.69, 9.17) is 4.98 Å². The second-order valence-corrected chi connectivity index (χ2v) is 11.2. The molecule has 3 heterocycles. The van der Waals surface area contributed by atoms with Gasteiger partial charge >= 0.3 is 0 Å². The van der Waals surface area contributed by atoms with Gasteiger partial charge in [0, 0.05) is 40.2 Å². The Kier molecular flexibility index (Phi) is 6.42. The number of aromatic nitrogens is 1. The van der Waals surface area contributed by atoms with E-state index in [2.05, 4.69) is 23.2 Å². The van der Waals surface area contributed by atoms with Crippen LogP contribution in [0.15, 0.2) is 78.9 Å². The van der Waals surface area contributed by atoms with Gasteiger partial charge in [-0.1, -0.05) is 61.5 Å². The van der Waals surface area contributed by atoms with Gasteiger partial charge in [-0.3, -0.25) is 14.5 Å². The summed E-state index contributed by atoms with van der Waals surface area (Å²) in [5.74, 6) is -0.246. The normalized spacial score (nSPS) is 13.4. The number of likely N-dealkylation sites (N-methyl/N-ethyl adjacent to an activating group) is 1. The number of thiophene rings is 1. The van der Waals surface area contributed by atoms with Crippen molar-refractivity contribution in [2.45, 2.75) is 19.9 Å². The molecule has 0 bridgehead atoms. The van der Waals surface area contributed by atoms with Crippen LogP contribution in [0.5, 0.6) is 0 Å². The van der Waals surface area contributed by atoms with E-state index in [9.17, 15) is 9.59 Å². The molecule has 0 saturated carbocycles. The van der Waals surface area contributed by atoms with Crippen LogP contribution in [0.4, 0.5) is 5.00 Å². The van der Waals surface area contributed by atoms with Crippen LogP contribution in [0.3, 0.4) is 0 Å². The van der Waals surface area contributed by atoms with Gasteiger partial charge in [0.1, 0.15) is 10.0 Å². The number of amides is 1. The highest BCUT2D eigenvalue weighted by Crippen LogP contribution is 2.45. The first-order valence-electron chi connectivity index (χ1n) is 12.3. The summed E-state index contributed by atoms with van der Waals surface area (Å²) in [6.07, 6.45) is 0.942.